The second-order valence-corrected chi connectivity index (χ2v) is 7.04. The van der Waals surface area contributed by atoms with Crippen LogP contribution in [0.1, 0.15) is 10.4 Å². The number of rotatable bonds is 2. The van der Waals surface area contributed by atoms with Crippen LogP contribution in [0.2, 0.25) is 0 Å². The second-order valence-electron chi connectivity index (χ2n) is 4.11. The summed E-state index contributed by atoms with van der Waals surface area (Å²) in [5.74, 6) is 0. The van der Waals surface area contributed by atoms with Crippen LogP contribution in [0, 0.1) is 11.7 Å². The molecular weight excluding hydrogens is 330 g/mol. The van der Waals surface area contributed by atoms with Crippen molar-refractivity contribution >= 4 is 50.6 Å². The average Bonchev–Trinajstić information content (AvgIpc) is 2.84. The van der Waals surface area contributed by atoms with Gasteiger partial charge in [0.25, 0.3) is 0 Å². The third kappa shape index (κ3) is 2.15. The zero-order valence-electron chi connectivity index (χ0n) is 9.61. The molecule has 6 heteroatoms. The van der Waals surface area contributed by atoms with Crippen LogP contribution in [0.4, 0.5) is 0 Å². The van der Waals surface area contributed by atoms with Crippen molar-refractivity contribution in [1.29, 1.82) is 0 Å². The van der Waals surface area contributed by atoms with Gasteiger partial charge in [-0.3, -0.25) is 4.57 Å². The van der Waals surface area contributed by atoms with Crippen molar-refractivity contribution in [3.63, 3.8) is 0 Å². The Kier molecular flexibility index (Phi) is 3.09. The van der Waals surface area contributed by atoms with E-state index in [0.29, 0.717) is 4.77 Å². The molecule has 0 amide bonds. The summed E-state index contributed by atoms with van der Waals surface area (Å²) < 4.78 is 3.88. The maximum atomic E-state index is 5.36. The van der Waals surface area contributed by atoms with Gasteiger partial charge in [-0.25, -0.2) is 4.98 Å². The summed E-state index contributed by atoms with van der Waals surface area (Å²) in [5, 5.41) is 0. The molecule has 0 aliphatic rings. The number of aromatic nitrogens is 3. The predicted octanol–water partition coefficient (Wildman–Crippen LogP) is 4.27. The van der Waals surface area contributed by atoms with Crippen molar-refractivity contribution in [3.05, 3.63) is 43.4 Å². The molecule has 0 aromatic carbocycles. The number of aromatic amines is 1. The number of fused-ring (bicyclic) bond motifs is 1. The Morgan fingerprint density at radius 1 is 1.50 bits per heavy atom. The van der Waals surface area contributed by atoms with E-state index in [1.807, 2.05) is 17.7 Å². The topological polar surface area (TPSA) is 33.6 Å². The number of nitrogens with one attached hydrogen (secondary N) is 1. The monoisotopic (exact) mass is 339 g/mol. The first-order chi connectivity index (χ1) is 8.63. The van der Waals surface area contributed by atoms with Crippen molar-refractivity contribution in [2.45, 2.75) is 13.5 Å². The van der Waals surface area contributed by atoms with Crippen LogP contribution in [-0.4, -0.2) is 14.5 Å². The lowest BCUT2D eigenvalue weighted by Crippen LogP contribution is -1.98. The van der Waals surface area contributed by atoms with Gasteiger partial charge in [0.2, 0.25) is 0 Å². The first-order valence-electron chi connectivity index (χ1n) is 5.43. The fourth-order valence-corrected chi connectivity index (χ4v) is 3.62. The van der Waals surface area contributed by atoms with E-state index in [-0.39, 0.29) is 0 Å². The van der Waals surface area contributed by atoms with Gasteiger partial charge in [-0.05, 0) is 58.8 Å². The molecule has 1 N–H and O–H groups in total. The minimum absolute atomic E-state index is 0.715. The fourth-order valence-electron chi connectivity index (χ4n) is 1.89. The molecule has 0 radical (unpaired) electrons. The van der Waals surface area contributed by atoms with Crippen LogP contribution in [0.25, 0.3) is 11.2 Å². The molecule has 3 heterocycles. The average molecular weight is 340 g/mol. The molecule has 3 aromatic rings. The third-order valence-corrected chi connectivity index (χ3v) is 4.62. The zero-order chi connectivity index (χ0) is 12.7. The maximum Gasteiger partial charge on any atom is 0.179 e. The molecular formula is C12H10BrN3S2. The minimum Gasteiger partial charge on any atom is -0.329 e. The number of hydrogen-bond acceptors (Lipinski definition) is 3. The Bertz CT molecular complexity index is 769. The molecule has 0 atom stereocenters. The summed E-state index contributed by atoms with van der Waals surface area (Å²) in [4.78, 5) is 8.92. The Hall–Kier alpha value is -0.980. The highest BCUT2D eigenvalue weighted by atomic mass is 79.9. The highest BCUT2D eigenvalue weighted by Crippen LogP contribution is 2.24. The lowest BCUT2D eigenvalue weighted by atomic mass is 10.3. The Morgan fingerprint density at radius 3 is 3.06 bits per heavy atom. The van der Waals surface area contributed by atoms with Gasteiger partial charge in [-0.2, -0.15) is 0 Å². The molecule has 0 aliphatic carbocycles. The molecule has 0 bridgehead atoms. The SMILES string of the molecule is Cc1cnc2c(c1)[nH]c(=S)n2Cc1ccc(Br)s1. The van der Waals surface area contributed by atoms with Gasteiger partial charge >= 0.3 is 0 Å². The number of hydrogen-bond donors (Lipinski definition) is 1. The molecule has 92 valence electrons. The Morgan fingerprint density at radius 2 is 2.33 bits per heavy atom. The normalized spacial score (nSPS) is 11.2. The number of pyridine rings is 1. The number of aryl methyl sites for hydroxylation is 1. The lowest BCUT2D eigenvalue weighted by Gasteiger charge is -2.01. The van der Waals surface area contributed by atoms with Crippen LogP contribution >= 0.6 is 39.5 Å². The second kappa shape index (κ2) is 4.60. The quantitative estimate of drug-likeness (QED) is 0.707. The maximum absolute atomic E-state index is 5.36. The van der Waals surface area contributed by atoms with Crippen molar-refractivity contribution in [2.75, 3.05) is 0 Å². The lowest BCUT2D eigenvalue weighted by molar-refractivity contribution is 0.813. The number of nitrogens with zero attached hydrogens (tertiary/aromatic N) is 2. The molecule has 0 saturated carbocycles. The molecule has 18 heavy (non-hydrogen) atoms. The van der Waals surface area contributed by atoms with E-state index in [9.17, 15) is 0 Å². The molecule has 0 aliphatic heterocycles. The van der Waals surface area contributed by atoms with Crippen LogP contribution in [-0.2, 0) is 6.54 Å². The first-order valence-corrected chi connectivity index (χ1v) is 7.44. The van der Waals surface area contributed by atoms with E-state index >= 15 is 0 Å². The molecule has 0 saturated heterocycles. The Balaban J connectivity index is 2.11. The molecule has 3 nitrogen and oxygen atoms in total. The van der Waals surface area contributed by atoms with Crippen molar-refractivity contribution in [2.24, 2.45) is 0 Å². The highest BCUT2D eigenvalue weighted by Gasteiger charge is 2.07. The van der Waals surface area contributed by atoms with E-state index in [1.165, 1.54) is 4.88 Å². The van der Waals surface area contributed by atoms with Gasteiger partial charge < -0.3 is 4.98 Å². The van der Waals surface area contributed by atoms with Crippen molar-refractivity contribution in [3.8, 4) is 0 Å². The van der Waals surface area contributed by atoms with Gasteiger partial charge in [0.05, 0.1) is 15.8 Å². The highest BCUT2D eigenvalue weighted by molar-refractivity contribution is 9.11. The van der Waals surface area contributed by atoms with E-state index in [0.717, 1.165) is 27.1 Å². The van der Waals surface area contributed by atoms with Crippen molar-refractivity contribution < 1.29 is 0 Å². The van der Waals surface area contributed by atoms with Gasteiger partial charge in [-0.1, -0.05) is 0 Å². The predicted molar refractivity (Wildman–Crippen MR) is 80.8 cm³/mol. The molecule has 0 fully saturated rings. The molecule has 3 rings (SSSR count). The zero-order valence-corrected chi connectivity index (χ0v) is 12.8. The molecule has 0 unspecified atom stereocenters. The van der Waals surface area contributed by atoms with Crippen molar-refractivity contribution in [1.82, 2.24) is 14.5 Å². The summed E-state index contributed by atoms with van der Waals surface area (Å²) in [6.07, 6.45) is 1.87. The Labute approximate surface area is 122 Å². The summed E-state index contributed by atoms with van der Waals surface area (Å²) in [6.45, 7) is 2.78. The van der Waals surface area contributed by atoms with E-state index in [4.69, 9.17) is 12.2 Å². The minimum atomic E-state index is 0.715. The van der Waals surface area contributed by atoms with E-state index in [2.05, 4.69) is 44.1 Å². The van der Waals surface area contributed by atoms with E-state index < -0.39 is 0 Å². The van der Waals surface area contributed by atoms with Crippen LogP contribution in [0.5, 0.6) is 0 Å². The van der Waals surface area contributed by atoms with Crippen LogP contribution in [0.3, 0.4) is 0 Å². The summed E-state index contributed by atoms with van der Waals surface area (Å²) in [5.41, 5.74) is 3.04. The van der Waals surface area contributed by atoms with E-state index in [1.54, 1.807) is 11.3 Å². The standard InChI is InChI=1S/C12H10BrN3S2/c1-7-4-9-11(14-5-7)16(12(17)15-9)6-8-2-3-10(13)18-8/h2-5H,6H2,1H3,(H,15,17). The first kappa shape index (κ1) is 12.1. The molecule has 0 spiro atoms. The van der Waals surface area contributed by atoms with Gasteiger partial charge in [0, 0.05) is 11.1 Å². The molecule has 3 aromatic heterocycles. The van der Waals surface area contributed by atoms with Gasteiger partial charge in [0.15, 0.2) is 10.4 Å². The summed E-state index contributed by atoms with van der Waals surface area (Å²) in [6, 6.07) is 6.22. The smallest absolute Gasteiger partial charge is 0.179 e. The largest absolute Gasteiger partial charge is 0.329 e. The number of thiophene rings is 1. The summed E-state index contributed by atoms with van der Waals surface area (Å²) >= 11 is 10.6. The number of imidazole rings is 1. The van der Waals surface area contributed by atoms with Gasteiger partial charge in [0.1, 0.15) is 0 Å². The third-order valence-electron chi connectivity index (χ3n) is 2.69. The fraction of sp³-hybridized carbons (Fsp3) is 0.167. The van der Waals surface area contributed by atoms with Crippen LogP contribution in [0.15, 0.2) is 28.2 Å². The van der Waals surface area contributed by atoms with Gasteiger partial charge in [-0.15, -0.1) is 11.3 Å². The number of halogens is 1. The number of H-pyrrole nitrogens is 1. The summed E-state index contributed by atoms with van der Waals surface area (Å²) in [7, 11) is 0. The van der Waals surface area contributed by atoms with Crippen LogP contribution < -0.4 is 0 Å².